The minimum absolute atomic E-state index is 0.364. The molecule has 5 aromatic carbocycles. The summed E-state index contributed by atoms with van der Waals surface area (Å²) in [5.41, 5.74) is 12.5. The van der Waals surface area contributed by atoms with Crippen LogP contribution < -0.4 is 5.32 Å². The molecule has 0 fully saturated rings. The highest BCUT2D eigenvalue weighted by molar-refractivity contribution is 5.95. The topological polar surface area (TPSA) is 12.0 Å². The van der Waals surface area contributed by atoms with Crippen LogP contribution in [0.3, 0.4) is 0 Å². The first kappa shape index (κ1) is 17.6. The van der Waals surface area contributed by atoms with Crippen molar-refractivity contribution < 1.29 is 0 Å². The van der Waals surface area contributed by atoms with E-state index in [-0.39, 0.29) is 5.41 Å². The van der Waals surface area contributed by atoms with Crippen LogP contribution in [0, 0.1) is 0 Å². The van der Waals surface area contributed by atoms with Gasteiger partial charge < -0.3 is 5.32 Å². The molecule has 1 spiro atoms. The maximum Gasteiger partial charge on any atom is 0.0760 e. The van der Waals surface area contributed by atoms with Gasteiger partial charge in [0.25, 0.3) is 0 Å². The molecule has 1 aliphatic carbocycles. The molecule has 1 N–H and O–H groups in total. The van der Waals surface area contributed by atoms with Gasteiger partial charge in [0.1, 0.15) is 0 Å². The number of hydrogen-bond donors (Lipinski definition) is 1. The molecule has 5 aromatic rings. The average molecular weight is 408 g/mol. The lowest BCUT2D eigenvalue weighted by molar-refractivity contribution is 0.765. The highest BCUT2D eigenvalue weighted by Crippen LogP contribution is 2.62. The lowest BCUT2D eigenvalue weighted by Crippen LogP contribution is -2.34. The average Bonchev–Trinajstić information content (AvgIpc) is 3.16. The Morgan fingerprint density at radius 2 is 0.938 bits per heavy atom. The van der Waals surface area contributed by atoms with Crippen molar-refractivity contribution in [3.63, 3.8) is 0 Å². The van der Waals surface area contributed by atoms with E-state index in [2.05, 4.69) is 127 Å². The van der Waals surface area contributed by atoms with Crippen molar-refractivity contribution in [2.45, 2.75) is 5.41 Å². The first-order chi connectivity index (χ1) is 15.9. The fourth-order valence-corrected chi connectivity index (χ4v) is 5.91. The Morgan fingerprint density at radius 3 is 1.66 bits per heavy atom. The van der Waals surface area contributed by atoms with Crippen LogP contribution in [0.15, 0.2) is 121 Å². The third-order valence-corrected chi connectivity index (χ3v) is 7.08. The zero-order valence-corrected chi connectivity index (χ0v) is 17.5. The molecule has 1 aliphatic heterocycles. The number of para-hydroxylation sites is 1. The summed E-state index contributed by atoms with van der Waals surface area (Å²) in [6.07, 6.45) is 0. The fraction of sp³-hybridized carbons (Fsp3) is 0.0323. The van der Waals surface area contributed by atoms with Gasteiger partial charge in [-0.05, 0) is 51.1 Å². The summed E-state index contributed by atoms with van der Waals surface area (Å²) in [4.78, 5) is 0. The summed E-state index contributed by atoms with van der Waals surface area (Å²) in [5, 5.41) is 3.76. The van der Waals surface area contributed by atoms with Crippen molar-refractivity contribution >= 4 is 11.4 Å². The van der Waals surface area contributed by atoms with Crippen molar-refractivity contribution in [1.82, 2.24) is 0 Å². The van der Waals surface area contributed by atoms with Crippen LogP contribution in [0.4, 0.5) is 11.4 Å². The summed E-state index contributed by atoms with van der Waals surface area (Å²) in [7, 11) is 0. The third kappa shape index (κ3) is 2.13. The number of hydrogen-bond acceptors (Lipinski definition) is 1. The molecule has 150 valence electrons. The Kier molecular flexibility index (Phi) is 3.54. The van der Waals surface area contributed by atoms with Crippen molar-refractivity contribution in [3.8, 4) is 22.3 Å². The molecular formula is C31H21N. The molecule has 1 heteroatoms. The van der Waals surface area contributed by atoms with Crippen LogP contribution in [0.1, 0.15) is 22.3 Å². The maximum atomic E-state index is 3.76. The van der Waals surface area contributed by atoms with E-state index in [1.165, 1.54) is 55.9 Å². The van der Waals surface area contributed by atoms with E-state index in [4.69, 9.17) is 0 Å². The predicted octanol–water partition coefficient (Wildman–Crippen LogP) is 7.77. The van der Waals surface area contributed by atoms with Crippen molar-refractivity contribution in [3.05, 3.63) is 144 Å². The molecule has 32 heavy (non-hydrogen) atoms. The molecule has 0 unspecified atom stereocenters. The van der Waals surface area contributed by atoms with Gasteiger partial charge in [0.2, 0.25) is 0 Å². The Bertz CT molecular complexity index is 1450. The molecular weight excluding hydrogens is 386 g/mol. The zero-order chi connectivity index (χ0) is 21.1. The van der Waals surface area contributed by atoms with E-state index in [9.17, 15) is 0 Å². The van der Waals surface area contributed by atoms with Gasteiger partial charge in [-0.2, -0.15) is 0 Å². The Hall–Kier alpha value is -4.10. The maximum absolute atomic E-state index is 3.76. The monoisotopic (exact) mass is 407 g/mol. The fourth-order valence-electron chi connectivity index (χ4n) is 5.91. The van der Waals surface area contributed by atoms with Gasteiger partial charge >= 0.3 is 0 Å². The van der Waals surface area contributed by atoms with Crippen LogP contribution in [0.25, 0.3) is 22.3 Å². The first-order valence-electron chi connectivity index (χ1n) is 11.1. The molecule has 0 bridgehead atoms. The van der Waals surface area contributed by atoms with Crippen LogP contribution in [-0.4, -0.2) is 0 Å². The molecule has 0 atom stereocenters. The van der Waals surface area contributed by atoms with E-state index in [0.717, 1.165) is 0 Å². The van der Waals surface area contributed by atoms with Crippen LogP contribution >= 0.6 is 0 Å². The number of nitrogens with one attached hydrogen (secondary N) is 1. The summed E-state index contributed by atoms with van der Waals surface area (Å²) < 4.78 is 0. The molecule has 0 radical (unpaired) electrons. The van der Waals surface area contributed by atoms with E-state index >= 15 is 0 Å². The molecule has 0 saturated carbocycles. The Labute approximate surface area is 188 Å². The van der Waals surface area contributed by atoms with E-state index in [1.54, 1.807) is 0 Å². The van der Waals surface area contributed by atoms with Gasteiger partial charge in [0, 0.05) is 16.9 Å². The van der Waals surface area contributed by atoms with E-state index in [0.29, 0.717) is 0 Å². The molecule has 0 amide bonds. The zero-order valence-electron chi connectivity index (χ0n) is 17.5. The smallest absolute Gasteiger partial charge is 0.0760 e. The molecule has 7 rings (SSSR count). The predicted molar refractivity (Wildman–Crippen MR) is 132 cm³/mol. The van der Waals surface area contributed by atoms with Gasteiger partial charge in [-0.25, -0.2) is 0 Å². The number of anilines is 2. The molecule has 0 aromatic heterocycles. The van der Waals surface area contributed by atoms with Crippen molar-refractivity contribution in [1.29, 1.82) is 0 Å². The SMILES string of the molecule is c1ccc(-c2cccc3c2C2(c4ccccc4N3)c3ccccc3-c3ccccc32)cc1. The Balaban J connectivity index is 1.71. The summed E-state index contributed by atoms with van der Waals surface area (Å²) in [6, 6.07) is 44.1. The van der Waals surface area contributed by atoms with E-state index in [1.807, 2.05) is 0 Å². The summed E-state index contributed by atoms with van der Waals surface area (Å²) >= 11 is 0. The summed E-state index contributed by atoms with van der Waals surface area (Å²) in [6.45, 7) is 0. The number of fused-ring (bicyclic) bond motifs is 9. The van der Waals surface area contributed by atoms with Gasteiger partial charge in [-0.1, -0.05) is 109 Å². The van der Waals surface area contributed by atoms with Crippen LogP contribution in [-0.2, 0) is 5.41 Å². The largest absolute Gasteiger partial charge is 0.355 e. The second-order valence-electron chi connectivity index (χ2n) is 8.61. The van der Waals surface area contributed by atoms with Crippen LogP contribution in [0.2, 0.25) is 0 Å². The minimum Gasteiger partial charge on any atom is -0.355 e. The molecule has 2 aliphatic rings. The normalized spacial score (nSPS) is 14.1. The van der Waals surface area contributed by atoms with Crippen molar-refractivity contribution in [2.24, 2.45) is 0 Å². The highest BCUT2D eigenvalue weighted by atomic mass is 14.9. The quantitative estimate of drug-likeness (QED) is 0.293. The molecule has 1 nitrogen and oxygen atoms in total. The first-order valence-corrected chi connectivity index (χ1v) is 11.1. The minimum atomic E-state index is -0.364. The molecule has 0 saturated heterocycles. The second-order valence-corrected chi connectivity index (χ2v) is 8.61. The molecule has 1 heterocycles. The van der Waals surface area contributed by atoms with Gasteiger partial charge in [-0.15, -0.1) is 0 Å². The summed E-state index contributed by atoms with van der Waals surface area (Å²) in [5.74, 6) is 0. The van der Waals surface area contributed by atoms with E-state index < -0.39 is 0 Å². The highest BCUT2D eigenvalue weighted by Gasteiger charge is 2.50. The number of benzene rings is 5. The lowest BCUT2D eigenvalue weighted by atomic mass is 9.63. The van der Waals surface area contributed by atoms with Crippen molar-refractivity contribution in [2.75, 3.05) is 5.32 Å². The second kappa shape index (κ2) is 6.45. The number of rotatable bonds is 1. The van der Waals surface area contributed by atoms with Crippen LogP contribution in [0.5, 0.6) is 0 Å². The van der Waals surface area contributed by atoms with Gasteiger partial charge in [-0.3, -0.25) is 0 Å². The Morgan fingerprint density at radius 1 is 0.406 bits per heavy atom. The lowest BCUT2D eigenvalue weighted by Gasteiger charge is -2.41. The van der Waals surface area contributed by atoms with Gasteiger partial charge in [0.15, 0.2) is 0 Å². The standard InChI is InChI=1S/C31H21N/c1-2-11-21(12-3-1)22-15-10-20-29-30(22)31(27-18-8-9-19-28(27)32-29)25-16-6-4-13-23(25)24-14-5-7-17-26(24)31/h1-20,32H. The van der Waals surface area contributed by atoms with Gasteiger partial charge in [0.05, 0.1) is 5.41 Å². The third-order valence-electron chi connectivity index (χ3n) is 7.08.